The summed E-state index contributed by atoms with van der Waals surface area (Å²) in [6.07, 6.45) is 2.78. The number of aromatic amines is 1. The minimum Gasteiger partial charge on any atom is -0.379 e. The van der Waals surface area contributed by atoms with Gasteiger partial charge in [-0.25, -0.2) is 0 Å². The van der Waals surface area contributed by atoms with Crippen LogP contribution in [0, 0.1) is 13.8 Å². The third-order valence-corrected chi connectivity index (χ3v) is 4.71. The van der Waals surface area contributed by atoms with Crippen molar-refractivity contribution in [2.24, 2.45) is 0 Å². The number of ether oxygens (including phenoxy) is 1. The molecule has 1 aromatic carbocycles. The molecule has 1 aliphatic heterocycles. The van der Waals surface area contributed by atoms with Crippen LogP contribution in [0.1, 0.15) is 39.8 Å². The van der Waals surface area contributed by atoms with Crippen molar-refractivity contribution in [1.82, 2.24) is 20.1 Å². The number of hydrogen-bond acceptors (Lipinski definition) is 3. The molecule has 0 saturated carbocycles. The molecule has 6 heteroatoms. The average molecular weight is 338 g/mol. The number of carbonyl (C=O) groups is 1. The number of rotatable bonds is 4. The van der Waals surface area contributed by atoms with Crippen molar-refractivity contribution in [1.29, 1.82) is 0 Å². The average Bonchev–Trinajstić information content (AvgIpc) is 3.30. The van der Waals surface area contributed by atoms with Crippen molar-refractivity contribution in [3.05, 3.63) is 53.0 Å². The van der Waals surface area contributed by atoms with E-state index in [1.54, 1.807) is 0 Å². The van der Waals surface area contributed by atoms with Gasteiger partial charge in [-0.3, -0.25) is 9.48 Å². The Labute approximate surface area is 146 Å². The van der Waals surface area contributed by atoms with Crippen LogP contribution >= 0.6 is 0 Å². The summed E-state index contributed by atoms with van der Waals surface area (Å²) in [5, 5.41) is 8.64. The van der Waals surface area contributed by atoms with Crippen LogP contribution in [0.4, 0.5) is 0 Å². The van der Waals surface area contributed by atoms with Gasteiger partial charge in [0, 0.05) is 30.6 Å². The first-order chi connectivity index (χ1) is 12.1. The third kappa shape index (κ3) is 3.17. The van der Waals surface area contributed by atoms with Gasteiger partial charge >= 0.3 is 0 Å². The number of nitrogens with zero attached hydrogens (tertiary/aromatic N) is 2. The zero-order valence-electron chi connectivity index (χ0n) is 14.5. The first-order valence-corrected chi connectivity index (χ1v) is 8.60. The largest absolute Gasteiger partial charge is 0.379 e. The van der Waals surface area contributed by atoms with Gasteiger partial charge in [0.25, 0.3) is 5.91 Å². The summed E-state index contributed by atoms with van der Waals surface area (Å²) in [5.41, 5.74) is 4.71. The van der Waals surface area contributed by atoms with Gasteiger partial charge in [-0.1, -0.05) is 6.07 Å². The number of nitrogens with one attached hydrogen (secondary N) is 2. The molecule has 25 heavy (non-hydrogen) atoms. The maximum absolute atomic E-state index is 12.5. The molecular formula is C19H22N4O2. The van der Waals surface area contributed by atoms with E-state index in [0.717, 1.165) is 40.9 Å². The van der Waals surface area contributed by atoms with Gasteiger partial charge in [-0.05, 0) is 49.4 Å². The quantitative estimate of drug-likeness (QED) is 0.768. The van der Waals surface area contributed by atoms with Crippen LogP contribution in [-0.2, 0) is 11.3 Å². The minimum atomic E-state index is -0.0898. The predicted octanol–water partition coefficient (Wildman–Crippen LogP) is 2.87. The maximum atomic E-state index is 12.5. The number of fused-ring (bicyclic) bond motifs is 1. The summed E-state index contributed by atoms with van der Waals surface area (Å²) in [4.78, 5) is 15.8. The van der Waals surface area contributed by atoms with Gasteiger partial charge in [-0.2, -0.15) is 5.10 Å². The fraction of sp³-hybridized carbons (Fsp3) is 0.368. The summed E-state index contributed by atoms with van der Waals surface area (Å²) in [7, 11) is 0. The van der Waals surface area contributed by atoms with E-state index >= 15 is 0 Å². The molecule has 2 N–H and O–H groups in total. The Morgan fingerprint density at radius 2 is 2.28 bits per heavy atom. The van der Waals surface area contributed by atoms with Crippen molar-refractivity contribution in [3.63, 3.8) is 0 Å². The number of aromatic nitrogens is 3. The molecule has 3 aromatic rings. The molecule has 130 valence electrons. The van der Waals surface area contributed by atoms with E-state index in [2.05, 4.69) is 27.5 Å². The SMILES string of the molecule is Cc1cc2cc(CNC(=O)c3cn(C4CCOC4)nc3C)ccc2[nH]1. The second kappa shape index (κ2) is 6.37. The molecule has 1 unspecified atom stereocenters. The van der Waals surface area contributed by atoms with Gasteiger partial charge in [0.15, 0.2) is 0 Å². The van der Waals surface area contributed by atoms with Crippen molar-refractivity contribution in [2.45, 2.75) is 32.9 Å². The Morgan fingerprint density at radius 1 is 1.40 bits per heavy atom. The van der Waals surface area contributed by atoms with Crippen molar-refractivity contribution >= 4 is 16.8 Å². The second-order valence-corrected chi connectivity index (χ2v) is 6.68. The number of benzene rings is 1. The summed E-state index contributed by atoms with van der Waals surface area (Å²) in [5.74, 6) is -0.0898. The normalized spacial score (nSPS) is 17.3. The molecule has 3 heterocycles. The van der Waals surface area contributed by atoms with Crippen LogP contribution in [0.25, 0.3) is 10.9 Å². The molecular weight excluding hydrogens is 316 g/mol. The van der Waals surface area contributed by atoms with E-state index < -0.39 is 0 Å². The molecule has 4 rings (SSSR count). The molecule has 0 aliphatic carbocycles. The first kappa shape index (κ1) is 15.9. The summed E-state index contributed by atoms with van der Waals surface area (Å²) >= 11 is 0. The Kier molecular flexibility index (Phi) is 4.05. The standard InChI is InChI=1S/C19H22N4O2/c1-12-7-15-8-14(3-4-18(15)21-12)9-20-19(24)17-10-23(22-13(17)2)16-5-6-25-11-16/h3-4,7-8,10,16,21H,5-6,9,11H2,1-2H3,(H,20,24). The van der Waals surface area contributed by atoms with Crippen molar-refractivity contribution in [3.8, 4) is 0 Å². The highest BCUT2D eigenvalue weighted by molar-refractivity contribution is 5.95. The highest BCUT2D eigenvalue weighted by Crippen LogP contribution is 2.20. The van der Waals surface area contributed by atoms with E-state index in [-0.39, 0.29) is 11.9 Å². The Balaban J connectivity index is 1.45. The first-order valence-electron chi connectivity index (χ1n) is 8.60. The zero-order chi connectivity index (χ0) is 17.4. The Bertz CT molecular complexity index is 919. The van der Waals surface area contributed by atoms with Crippen LogP contribution in [0.5, 0.6) is 0 Å². The van der Waals surface area contributed by atoms with Crippen LogP contribution in [0.3, 0.4) is 0 Å². The lowest BCUT2D eigenvalue weighted by Crippen LogP contribution is -2.23. The number of aryl methyl sites for hydroxylation is 2. The molecule has 1 atom stereocenters. The second-order valence-electron chi connectivity index (χ2n) is 6.68. The van der Waals surface area contributed by atoms with E-state index in [0.29, 0.717) is 18.7 Å². The molecule has 2 aromatic heterocycles. The number of hydrogen-bond donors (Lipinski definition) is 2. The zero-order valence-corrected chi connectivity index (χ0v) is 14.5. The minimum absolute atomic E-state index is 0.0898. The fourth-order valence-corrected chi connectivity index (χ4v) is 3.34. The molecule has 1 aliphatic rings. The van der Waals surface area contributed by atoms with Crippen LogP contribution in [0.2, 0.25) is 0 Å². The molecule has 0 spiro atoms. The van der Waals surface area contributed by atoms with Gasteiger partial charge in [0.2, 0.25) is 0 Å². The van der Waals surface area contributed by atoms with Crippen LogP contribution in [0.15, 0.2) is 30.5 Å². The fourth-order valence-electron chi connectivity index (χ4n) is 3.34. The lowest BCUT2D eigenvalue weighted by molar-refractivity contribution is 0.0950. The predicted molar refractivity (Wildman–Crippen MR) is 95.6 cm³/mol. The van der Waals surface area contributed by atoms with E-state index in [9.17, 15) is 4.79 Å². The van der Waals surface area contributed by atoms with E-state index in [1.807, 2.05) is 36.9 Å². The summed E-state index contributed by atoms with van der Waals surface area (Å²) in [6, 6.07) is 8.53. The van der Waals surface area contributed by atoms with Gasteiger partial charge in [-0.15, -0.1) is 0 Å². The molecule has 1 saturated heterocycles. The van der Waals surface area contributed by atoms with Gasteiger partial charge < -0.3 is 15.0 Å². The highest BCUT2D eigenvalue weighted by Gasteiger charge is 2.21. The lowest BCUT2D eigenvalue weighted by Gasteiger charge is -2.07. The highest BCUT2D eigenvalue weighted by atomic mass is 16.5. The topological polar surface area (TPSA) is 71.9 Å². The van der Waals surface area contributed by atoms with E-state index in [4.69, 9.17) is 4.74 Å². The van der Waals surface area contributed by atoms with Gasteiger partial charge in [0.1, 0.15) is 0 Å². The van der Waals surface area contributed by atoms with E-state index in [1.165, 1.54) is 0 Å². The summed E-state index contributed by atoms with van der Waals surface area (Å²) in [6.45, 7) is 5.83. The van der Waals surface area contributed by atoms with Crippen LogP contribution < -0.4 is 5.32 Å². The molecule has 0 bridgehead atoms. The van der Waals surface area contributed by atoms with Crippen molar-refractivity contribution < 1.29 is 9.53 Å². The Morgan fingerprint density at radius 3 is 3.08 bits per heavy atom. The van der Waals surface area contributed by atoms with Crippen LogP contribution in [-0.4, -0.2) is 33.9 Å². The molecule has 1 fully saturated rings. The maximum Gasteiger partial charge on any atom is 0.255 e. The van der Waals surface area contributed by atoms with Crippen molar-refractivity contribution in [2.75, 3.05) is 13.2 Å². The Hall–Kier alpha value is -2.60. The number of amides is 1. The monoisotopic (exact) mass is 338 g/mol. The smallest absolute Gasteiger partial charge is 0.255 e. The molecule has 6 nitrogen and oxygen atoms in total. The molecule has 0 radical (unpaired) electrons. The number of carbonyl (C=O) groups excluding carboxylic acids is 1. The third-order valence-electron chi connectivity index (χ3n) is 4.71. The summed E-state index contributed by atoms with van der Waals surface area (Å²) < 4.78 is 7.27. The van der Waals surface area contributed by atoms with Gasteiger partial charge in [0.05, 0.1) is 23.9 Å². The number of H-pyrrole nitrogens is 1. The molecule has 1 amide bonds. The lowest BCUT2D eigenvalue weighted by atomic mass is 10.1.